The molecule has 0 saturated carbocycles. The van der Waals surface area contributed by atoms with Crippen molar-refractivity contribution in [2.24, 2.45) is 5.92 Å². The van der Waals surface area contributed by atoms with Gasteiger partial charge in [0, 0.05) is 0 Å². The Balaban J connectivity index is 0.000000970. The summed E-state index contributed by atoms with van der Waals surface area (Å²) in [6.45, 7) is 7.31. The van der Waals surface area contributed by atoms with Crippen LogP contribution in [0, 0.1) is 5.92 Å². The highest BCUT2D eigenvalue weighted by molar-refractivity contribution is 5.28. The van der Waals surface area contributed by atoms with Crippen LogP contribution in [0.2, 0.25) is 0 Å². The number of hydrogen-bond acceptors (Lipinski definition) is 3. The van der Waals surface area contributed by atoms with Gasteiger partial charge in [0.25, 0.3) is 0 Å². The zero-order chi connectivity index (χ0) is 18.5. The molecule has 3 nitrogen and oxygen atoms in total. The fourth-order valence-electron chi connectivity index (χ4n) is 2.50. The van der Waals surface area contributed by atoms with Crippen LogP contribution in [0.3, 0.4) is 0 Å². The Morgan fingerprint density at radius 1 is 1.04 bits per heavy atom. The lowest BCUT2D eigenvalue weighted by atomic mass is 9.98. The minimum atomic E-state index is 0.250. The summed E-state index contributed by atoms with van der Waals surface area (Å²) in [6.07, 6.45) is 4.84. The van der Waals surface area contributed by atoms with E-state index < -0.39 is 0 Å². The molecule has 0 saturated heterocycles. The molecule has 0 radical (unpaired) electrons. The zero-order valence-electron chi connectivity index (χ0n) is 15.2. The van der Waals surface area contributed by atoms with Crippen molar-refractivity contribution in [3.63, 3.8) is 0 Å². The van der Waals surface area contributed by atoms with Crippen LogP contribution in [-0.2, 0) is 22.6 Å². The van der Waals surface area contributed by atoms with E-state index in [1.165, 1.54) is 16.7 Å². The molecule has 0 fully saturated rings. The van der Waals surface area contributed by atoms with Gasteiger partial charge in [-0.05, 0) is 48.9 Å². The first kappa shape index (κ1) is 20.4. The molecule has 2 aromatic rings. The van der Waals surface area contributed by atoms with Gasteiger partial charge in [0.05, 0.1) is 0 Å². The van der Waals surface area contributed by atoms with E-state index in [9.17, 15) is 0 Å². The van der Waals surface area contributed by atoms with Crippen molar-refractivity contribution in [3.05, 3.63) is 77.4 Å². The number of benzene rings is 2. The number of carbonyl (C=O) groups excluding carboxylic acids is 2. The Hall–Kier alpha value is -2.64. The lowest BCUT2D eigenvalue weighted by molar-refractivity contribution is -0.191. The predicted octanol–water partition coefficient (Wildman–Crippen LogP) is 5.22. The number of ether oxygens (including phenoxy) is 1. The summed E-state index contributed by atoms with van der Waals surface area (Å²) < 4.78 is 5.82. The molecular formula is C22H26O3. The molecule has 0 aromatic heterocycles. The van der Waals surface area contributed by atoms with E-state index in [1.807, 2.05) is 18.2 Å². The Bertz CT molecular complexity index is 666. The van der Waals surface area contributed by atoms with Crippen molar-refractivity contribution in [2.45, 2.75) is 40.2 Å². The molecule has 2 rings (SSSR count). The average Bonchev–Trinajstić information content (AvgIpc) is 2.62. The smallest absolute Gasteiger partial charge is 0.373 e. The van der Waals surface area contributed by atoms with Crippen LogP contribution in [-0.4, -0.2) is 6.15 Å². The fourth-order valence-corrected chi connectivity index (χ4v) is 2.50. The molecule has 0 amide bonds. The highest BCUT2D eigenvalue weighted by atomic mass is 16.5. The Labute approximate surface area is 150 Å². The molecule has 0 N–H and O–H groups in total. The third kappa shape index (κ3) is 8.69. The molecule has 1 atom stereocenters. The number of allylic oxidation sites excluding steroid dienone is 2. The SMILES string of the molecule is CC/C(C)=C\[C@@H](C)Cc1ccc(OCc2ccccc2)cc1.O=C=O. The minimum Gasteiger partial charge on any atom is -0.489 e. The molecule has 0 unspecified atom stereocenters. The molecule has 132 valence electrons. The van der Waals surface area contributed by atoms with Crippen molar-refractivity contribution < 1.29 is 14.3 Å². The summed E-state index contributed by atoms with van der Waals surface area (Å²) >= 11 is 0. The standard InChI is InChI=1S/C21H26O.CO2/c1-4-17(2)14-18(3)15-19-10-12-21(13-11-19)22-16-20-8-6-5-7-9-20;2-1-3/h5-14,18H,4,15-16H2,1-3H3;/b17-14-;/t18-;/m1./s1. The number of hydrogen-bond donors (Lipinski definition) is 0. The van der Waals surface area contributed by atoms with E-state index in [4.69, 9.17) is 14.3 Å². The van der Waals surface area contributed by atoms with Crippen molar-refractivity contribution in [1.82, 2.24) is 0 Å². The maximum atomic E-state index is 8.12. The Kier molecular flexibility index (Phi) is 9.65. The van der Waals surface area contributed by atoms with Crippen LogP contribution >= 0.6 is 0 Å². The van der Waals surface area contributed by atoms with E-state index in [0.717, 1.165) is 18.6 Å². The zero-order valence-corrected chi connectivity index (χ0v) is 15.2. The fraction of sp³-hybridized carbons (Fsp3) is 0.318. The quantitative estimate of drug-likeness (QED) is 0.650. The molecule has 0 spiro atoms. The van der Waals surface area contributed by atoms with E-state index >= 15 is 0 Å². The minimum absolute atomic E-state index is 0.250. The summed E-state index contributed by atoms with van der Waals surface area (Å²) in [5.41, 5.74) is 4.02. The lowest BCUT2D eigenvalue weighted by Gasteiger charge is -2.10. The van der Waals surface area contributed by atoms with Gasteiger partial charge in [0.1, 0.15) is 12.4 Å². The van der Waals surface area contributed by atoms with Gasteiger partial charge in [-0.3, -0.25) is 0 Å². The Morgan fingerprint density at radius 3 is 2.20 bits per heavy atom. The molecule has 25 heavy (non-hydrogen) atoms. The first-order valence-corrected chi connectivity index (χ1v) is 8.51. The van der Waals surface area contributed by atoms with Crippen LogP contribution in [0.4, 0.5) is 0 Å². The second kappa shape index (κ2) is 11.8. The van der Waals surface area contributed by atoms with Gasteiger partial charge < -0.3 is 4.74 Å². The van der Waals surface area contributed by atoms with E-state index in [0.29, 0.717) is 12.5 Å². The lowest BCUT2D eigenvalue weighted by Crippen LogP contribution is -1.98. The van der Waals surface area contributed by atoms with Gasteiger partial charge in [-0.1, -0.05) is 68.0 Å². The molecule has 2 aromatic carbocycles. The highest BCUT2D eigenvalue weighted by Gasteiger charge is 2.02. The summed E-state index contributed by atoms with van der Waals surface area (Å²) in [4.78, 5) is 16.2. The van der Waals surface area contributed by atoms with Crippen LogP contribution in [0.5, 0.6) is 5.75 Å². The topological polar surface area (TPSA) is 43.4 Å². The molecule has 3 heteroatoms. The average molecular weight is 338 g/mol. The summed E-state index contributed by atoms with van der Waals surface area (Å²) in [5.74, 6) is 1.51. The monoisotopic (exact) mass is 338 g/mol. The third-order valence-corrected chi connectivity index (χ3v) is 3.86. The molecule has 0 aliphatic rings. The first-order valence-electron chi connectivity index (χ1n) is 8.51. The molecule has 0 heterocycles. The van der Waals surface area contributed by atoms with Crippen LogP contribution in [0.15, 0.2) is 66.2 Å². The predicted molar refractivity (Wildman–Crippen MR) is 99.1 cm³/mol. The second-order valence-electron chi connectivity index (χ2n) is 6.05. The van der Waals surface area contributed by atoms with Gasteiger partial charge >= 0.3 is 6.15 Å². The maximum absolute atomic E-state index is 8.12. The molecule has 0 bridgehead atoms. The third-order valence-electron chi connectivity index (χ3n) is 3.86. The number of rotatable bonds is 7. The van der Waals surface area contributed by atoms with Gasteiger partial charge in [-0.15, -0.1) is 0 Å². The largest absolute Gasteiger partial charge is 0.489 e. The van der Waals surface area contributed by atoms with Crippen LogP contribution in [0.1, 0.15) is 38.3 Å². The van der Waals surface area contributed by atoms with Gasteiger partial charge in [0.15, 0.2) is 0 Å². The molecule has 0 aliphatic carbocycles. The van der Waals surface area contributed by atoms with Crippen molar-refractivity contribution in [3.8, 4) is 5.75 Å². The maximum Gasteiger partial charge on any atom is 0.373 e. The molecule has 0 aliphatic heterocycles. The normalized spacial score (nSPS) is 11.7. The van der Waals surface area contributed by atoms with E-state index in [-0.39, 0.29) is 6.15 Å². The van der Waals surface area contributed by atoms with Crippen molar-refractivity contribution >= 4 is 6.15 Å². The van der Waals surface area contributed by atoms with Crippen LogP contribution < -0.4 is 4.74 Å². The van der Waals surface area contributed by atoms with Crippen LogP contribution in [0.25, 0.3) is 0 Å². The summed E-state index contributed by atoms with van der Waals surface area (Å²) in [7, 11) is 0. The summed E-state index contributed by atoms with van der Waals surface area (Å²) in [6, 6.07) is 18.7. The van der Waals surface area contributed by atoms with Crippen molar-refractivity contribution in [2.75, 3.05) is 0 Å². The van der Waals surface area contributed by atoms with E-state index in [2.05, 4.69) is 63.2 Å². The first-order chi connectivity index (χ1) is 12.1. The molecular weight excluding hydrogens is 312 g/mol. The second-order valence-corrected chi connectivity index (χ2v) is 6.05. The van der Waals surface area contributed by atoms with Gasteiger partial charge in [0.2, 0.25) is 0 Å². The van der Waals surface area contributed by atoms with Gasteiger partial charge in [-0.25, -0.2) is 0 Å². The van der Waals surface area contributed by atoms with Crippen molar-refractivity contribution in [1.29, 1.82) is 0 Å². The van der Waals surface area contributed by atoms with E-state index in [1.54, 1.807) is 0 Å². The summed E-state index contributed by atoms with van der Waals surface area (Å²) in [5, 5.41) is 0. The highest BCUT2D eigenvalue weighted by Crippen LogP contribution is 2.18. The van der Waals surface area contributed by atoms with Gasteiger partial charge in [-0.2, -0.15) is 9.59 Å². The Morgan fingerprint density at radius 2 is 1.64 bits per heavy atom.